The molecule has 3 aliphatic carbocycles. The number of amides is 1. The van der Waals surface area contributed by atoms with Crippen LogP contribution in [-0.4, -0.2) is 11.9 Å². The molecule has 3 fully saturated rings. The Morgan fingerprint density at radius 3 is 2.53 bits per heavy atom. The molecule has 3 aliphatic rings. The maximum atomic E-state index is 12.2. The molecule has 2 bridgehead atoms. The quantitative estimate of drug-likeness (QED) is 0.816. The predicted molar refractivity (Wildman–Crippen MR) is 74.9 cm³/mol. The second kappa shape index (κ2) is 3.89. The van der Waals surface area contributed by atoms with E-state index in [1.807, 2.05) is 0 Å². The van der Waals surface area contributed by atoms with Gasteiger partial charge in [0.1, 0.15) is 0 Å². The van der Waals surface area contributed by atoms with Gasteiger partial charge in [-0.2, -0.15) is 0 Å². The third kappa shape index (κ3) is 1.75. The maximum Gasteiger partial charge on any atom is 0.251 e. The van der Waals surface area contributed by atoms with Crippen molar-refractivity contribution in [1.29, 1.82) is 0 Å². The van der Waals surface area contributed by atoms with Crippen molar-refractivity contribution in [2.45, 2.75) is 25.3 Å². The summed E-state index contributed by atoms with van der Waals surface area (Å²) in [5, 5.41) is 3.69. The molecule has 1 aromatic rings. The molecule has 0 radical (unpaired) electrons. The van der Waals surface area contributed by atoms with Crippen LogP contribution in [0.2, 0.25) is 5.02 Å². The van der Waals surface area contributed by atoms with E-state index in [2.05, 4.69) is 5.32 Å². The molecule has 3 nitrogen and oxygen atoms in total. The van der Waals surface area contributed by atoms with Gasteiger partial charge in [-0.15, -0.1) is 0 Å². The minimum atomic E-state index is -0.0343. The van der Waals surface area contributed by atoms with E-state index in [0.29, 0.717) is 22.3 Å². The van der Waals surface area contributed by atoms with E-state index in [0.717, 1.165) is 23.7 Å². The number of nitrogens with one attached hydrogen (secondary N) is 1. The molecule has 1 amide bonds. The first-order chi connectivity index (χ1) is 9.13. The number of hydrogen-bond donors (Lipinski definition) is 2. The largest absolute Gasteiger partial charge is 0.399 e. The number of hydrogen-bond acceptors (Lipinski definition) is 2. The van der Waals surface area contributed by atoms with E-state index in [4.69, 9.17) is 17.3 Å². The van der Waals surface area contributed by atoms with E-state index >= 15 is 0 Å². The van der Waals surface area contributed by atoms with Crippen molar-refractivity contribution in [3.05, 3.63) is 28.8 Å². The topological polar surface area (TPSA) is 55.1 Å². The predicted octanol–water partition coefficient (Wildman–Crippen LogP) is 2.70. The van der Waals surface area contributed by atoms with Crippen molar-refractivity contribution >= 4 is 23.2 Å². The van der Waals surface area contributed by atoms with Crippen LogP contribution in [0.4, 0.5) is 5.69 Å². The second-order valence-corrected chi connectivity index (χ2v) is 6.70. The number of rotatable bonds is 2. The highest BCUT2D eigenvalue weighted by molar-refractivity contribution is 6.31. The van der Waals surface area contributed by atoms with Crippen LogP contribution in [-0.2, 0) is 0 Å². The molecule has 4 heteroatoms. The van der Waals surface area contributed by atoms with Gasteiger partial charge in [0.15, 0.2) is 0 Å². The van der Waals surface area contributed by atoms with E-state index in [-0.39, 0.29) is 5.91 Å². The number of carbonyl (C=O) groups is 1. The molecule has 0 saturated heterocycles. The Labute approximate surface area is 117 Å². The summed E-state index contributed by atoms with van der Waals surface area (Å²) in [7, 11) is 0. The smallest absolute Gasteiger partial charge is 0.251 e. The number of fused-ring (bicyclic) bond motifs is 5. The van der Waals surface area contributed by atoms with Crippen LogP contribution < -0.4 is 11.1 Å². The molecule has 4 atom stereocenters. The standard InChI is InChI=1S/C15H17ClN2O/c16-10-4-9(5-11(17)6-10)15(19)18-14-12-7-1-2-8(3-7)13(12)14/h4-8,12-14H,1-3,17H2,(H,18,19). The van der Waals surface area contributed by atoms with Gasteiger partial charge in [-0.25, -0.2) is 0 Å². The Bertz CT molecular complexity index is 523. The van der Waals surface area contributed by atoms with Crippen LogP contribution >= 0.6 is 11.6 Å². The zero-order chi connectivity index (χ0) is 13.1. The first-order valence-corrected chi connectivity index (χ1v) is 7.38. The zero-order valence-electron chi connectivity index (χ0n) is 10.6. The van der Waals surface area contributed by atoms with Crippen molar-refractivity contribution < 1.29 is 4.79 Å². The SMILES string of the molecule is Nc1cc(Cl)cc(C(=O)NC2C3C4CCC(C4)C23)c1. The number of halogens is 1. The summed E-state index contributed by atoms with van der Waals surface area (Å²) >= 11 is 5.94. The van der Waals surface area contributed by atoms with E-state index in [1.54, 1.807) is 18.2 Å². The number of anilines is 1. The van der Waals surface area contributed by atoms with Crippen LogP contribution in [0.3, 0.4) is 0 Å². The van der Waals surface area contributed by atoms with Crippen molar-refractivity contribution in [3.63, 3.8) is 0 Å². The maximum absolute atomic E-state index is 12.2. The van der Waals surface area contributed by atoms with Crippen LogP contribution in [0, 0.1) is 23.7 Å². The summed E-state index contributed by atoms with van der Waals surface area (Å²) in [6.45, 7) is 0. The molecule has 4 unspecified atom stereocenters. The van der Waals surface area contributed by atoms with Gasteiger partial charge in [0.2, 0.25) is 0 Å². The lowest BCUT2D eigenvalue weighted by Gasteiger charge is -2.11. The summed E-state index contributed by atoms with van der Waals surface area (Å²) in [4.78, 5) is 12.2. The van der Waals surface area contributed by atoms with Gasteiger partial charge in [-0.1, -0.05) is 11.6 Å². The van der Waals surface area contributed by atoms with Crippen molar-refractivity contribution in [1.82, 2.24) is 5.32 Å². The van der Waals surface area contributed by atoms with E-state index in [9.17, 15) is 4.79 Å². The molecular weight excluding hydrogens is 260 g/mol. The average molecular weight is 277 g/mol. The Morgan fingerprint density at radius 2 is 1.89 bits per heavy atom. The fraction of sp³-hybridized carbons (Fsp3) is 0.533. The lowest BCUT2D eigenvalue weighted by Crippen LogP contribution is -2.30. The van der Waals surface area contributed by atoms with Gasteiger partial charge >= 0.3 is 0 Å². The summed E-state index contributed by atoms with van der Waals surface area (Å²) in [5.74, 6) is 3.20. The van der Waals surface area contributed by atoms with Gasteiger partial charge < -0.3 is 11.1 Å². The molecule has 3 N–H and O–H groups in total. The van der Waals surface area contributed by atoms with E-state index < -0.39 is 0 Å². The average Bonchev–Trinajstić information content (AvgIpc) is 2.76. The van der Waals surface area contributed by atoms with Gasteiger partial charge in [0, 0.05) is 22.3 Å². The fourth-order valence-electron chi connectivity index (χ4n) is 4.50. The highest BCUT2D eigenvalue weighted by Crippen LogP contribution is 2.65. The number of benzene rings is 1. The molecule has 0 aliphatic heterocycles. The normalized spacial score (nSPS) is 38.1. The van der Waals surface area contributed by atoms with Gasteiger partial charge in [-0.05, 0) is 61.1 Å². The molecule has 3 saturated carbocycles. The van der Waals surface area contributed by atoms with Gasteiger partial charge in [0.25, 0.3) is 5.91 Å². The molecule has 0 aromatic heterocycles. The summed E-state index contributed by atoms with van der Waals surface area (Å²) < 4.78 is 0. The van der Waals surface area contributed by atoms with Crippen LogP contribution in [0.15, 0.2) is 18.2 Å². The second-order valence-electron chi connectivity index (χ2n) is 6.26. The number of nitrogen functional groups attached to an aromatic ring is 1. The Morgan fingerprint density at radius 1 is 1.21 bits per heavy atom. The molecule has 19 heavy (non-hydrogen) atoms. The summed E-state index contributed by atoms with van der Waals surface area (Å²) in [6, 6.07) is 5.43. The van der Waals surface area contributed by atoms with Gasteiger partial charge in [0.05, 0.1) is 0 Å². The molecule has 0 spiro atoms. The lowest BCUT2D eigenvalue weighted by molar-refractivity contribution is 0.0944. The number of carbonyl (C=O) groups excluding carboxylic acids is 1. The Balaban J connectivity index is 1.48. The molecule has 4 rings (SSSR count). The Hall–Kier alpha value is -1.22. The van der Waals surface area contributed by atoms with Gasteiger partial charge in [-0.3, -0.25) is 4.79 Å². The van der Waals surface area contributed by atoms with Crippen molar-refractivity contribution in [2.75, 3.05) is 5.73 Å². The third-order valence-corrected chi connectivity index (χ3v) is 5.43. The lowest BCUT2D eigenvalue weighted by atomic mass is 10.0. The molecular formula is C15H17ClN2O. The third-order valence-electron chi connectivity index (χ3n) is 5.22. The van der Waals surface area contributed by atoms with Crippen molar-refractivity contribution in [3.8, 4) is 0 Å². The highest BCUT2D eigenvalue weighted by Gasteiger charge is 2.65. The highest BCUT2D eigenvalue weighted by atomic mass is 35.5. The summed E-state index contributed by atoms with van der Waals surface area (Å²) in [5.41, 5.74) is 6.83. The summed E-state index contributed by atoms with van der Waals surface area (Å²) in [6.07, 6.45) is 4.12. The molecule has 1 aromatic carbocycles. The Kier molecular flexibility index (Phi) is 2.37. The molecule has 0 heterocycles. The van der Waals surface area contributed by atoms with E-state index in [1.165, 1.54) is 19.3 Å². The minimum absolute atomic E-state index is 0.0343. The monoisotopic (exact) mass is 276 g/mol. The number of nitrogens with two attached hydrogens (primary N) is 1. The fourth-order valence-corrected chi connectivity index (χ4v) is 4.74. The van der Waals surface area contributed by atoms with Crippen LogP contribution in [0.25, 0.3) is 0 Å². The first-order valence-electron chi connectivity index (χ1n) is 7.00. The molecule has 100 valence electrons. The minimum Gasteiger partial charge on any atom is -0.399 e. The zero-order valence-corrected chi connectivity index (χ0v) is 11.4. The van der Waals surface area contributed by atoms with Crippen LogP contribution in [0.5, 0.6) is 0 Å². The van der Waals surface area contributed by atoms with Crippen molar-refractivity contribution in [2.24, 2.45) is 23.7 Å². The van der Waals surface area contributed by atoms with Crippen LogP contribution in [0.1, 0.15) is 29.6 Å². The first kappa shape index (κ1) is 11.6.